The second-order valence-corrected chi connectivity index (χ2v) is 2.58. The average molecular weight is 171 g/mol. The van der Waals surface area contributed by atoms with Crippen LogP contribution in [0.1, 0.15) is 12.8 Å². The van der Waals surface area contributed by atoms with Gasteiger partial charge in [-0.15, -0.1) is 0 Å². The summed E-state index contributed by atoms with van der Waals surface area (Å²) in [6, 6.07) is 0. The lowest BCUT2D eigenvalue weighted by Gasteiger charge is -1.98. The van der Waals surface area contributed by atoms with Crippen molar-refractivity contribution >= 4 is 17.5 Å². The molecule has 1 aliphatic rings. The summed E-state index contributed by atoms with van der Waals surface area (Å²) in [4.78, 5) is 21.9. The first-order chi connectivity index (χ1) is 5.70. The van der Waals surface area contributed by atoms with Crippen molar-refractivity contribution in [1.82, 2.24) is 0 Å². The monoisotopic (exact) mass is 171 g/mol. The van der Waals surface area contributed by atoms with Gasteiger partial charge in [0, 0.05) is 5.92 Å². The van der Waals surface area contributed by atoms with Gasteiger partial charge in [0.05, 0.1) is 7.11 Å². The zero-order valence-electron chi connectivity index (χ0n) is 6.61. The molecule has 66 valence electrons. The van der Waals surface area contributed by atoms with E-state index in [1.807, 2.05) is 0 Å². The van der Waals surface area contributed by atoms with Crippen molar-refractivity contribution in [2.24, 2.45) is 11.1 Å². The van der Waals surface area contributed by atoms with Crippen LogP contribution in [0.25, 0.3) is 0 Å². The molecule has 0 amide bonds. The van der Waals surface area contributed by atoms with Gasteiger partial charge in [0.15, 0.2) is 5.78 Å². The van der Waals surface area contributed by atoms with Crippen LogP contribution in [0, 0.1) is 5.92 Å². The minimum absolute atomic E-state index is 0.144. The van der Waals surface area contributed by atoms with Gasteiger partial charge in [0.25, 0.3) is 0 Å². The third kappa shape index (κ3) is 1.61. The molecule has 1 fully saturated rings. The maximum Gasteiger partial charge on any atom is 0.363 e. The normalized spacial score (nSPS) is 17.2. The molecule has 0 radical (unpaired) electrons. The summed E-state index contributed by atoms with van der Waals surface area (Å²) in [7, 11) is 1.13. The van der Waals surface area contributed by atoms with E-state index in [0.29, 0.717) is 0 Å². The number of methoxy groups -OCH3 is 1. The Balaban J connectivity index is 2.67. The molecule has 0 aromatic heterocycles. The van der Waals surface area contributed by atoms with Crippen LogP contribution in [0.3, 0.4) is 0 Å². The van der Waals surface area contributed by atoms with Crippen molar-refractivity contribution in [3.63, 3.8) is 0 Å². The summed E-state index contributed by atoms with van der Waals surface area (Å²) in [5.41, 5.74) is -0.500. The summed E-state index contributed by atoms with van der Waals surface area (Å²) in [6.45, 7) is 0. The van der Waals surface area contributed by atoms with E-state index in [9.17, 15) is 9.59 Å². The molecule has 0 aliphatic heterocycles. The van der Waals surface area contributed by atoms with Crippen LogP contribution < -0.4 is 0 Å². The first kappa shape index (κ1) is 8.70. The molecule has 0 aromatic rings. The number of ketones is 1. The van der Waals surface area contributed by atoms with Crippen LogP contribution >= 0.6 is 0 Å². The predicted molar refractivity (Wildman–Crippen MR) is 39.0 cm³/mol. The van der Waals surface area contributed by atoms with E-state index < -0.39 is 17.5 Å². The Hall–Kier alpha value is -1.39. The van der Waals surface area contributed by atoms with Gasteiger partial charge in [-0.05, 0) is 12.8 Å². The summed E-state index contributed by atoms with van der Waals surface area (Å²) in [5, 5.41) is 11.0. The number of ether oxygens (including phenoxy) is 1. The van der Waals surface area contributed by atoms with E-state index in [1.54, 1.807) is 0 Å². The molecule has 0 unspecified atom stereocenters. The third-order valence-electron chi connectivity index (χ3n) is 1.66. The average Bonchev–Trinajstić information content (AvgIpc) is 2.87. The van der Waals surface area contributed by atoms with E-state index in [4.69, 9.17) is 5.21 Å². The molecule has 1 aliphatic carbocycles. The first-order valence-electron chi connectivity index (χ1n) is 3.55. The van der Waals surface area contributed by atoms with Crippen molar-refractivity contribution in [2.45, 2.75) is 12.8 Å². The molecular formula is C7H9NO4. The van der Waals surface area contributed by atoms with Gasteiger partial charge < -0.3 is 9.94 Å². The number of hydrogen-bond donors (Lipinski definition) is 1. The standard InChI is InChI=1S/C7H9NO4/c1-12-7(10)5(8-11)6(9)4-2-3-4/h4,11H,2-3H2,1H3/b8-5-. The molecule has 5 heteroatoms. The van der Waals surface area contributed by atoms with Gasteiger partial charge in [-0.2, -0.15) is 0 Å². The van der Waals surface area contributed by atoms with Gasteiger partial charge in [-0.1, -0.05) is 5.16 Å². The van der Waals surface area contributed by atoms with Crippen LogP contribution in [0.4, 0.5) is 0 Å². The Kier molecular flexibility index (Phi) is 2.42. The first-order valence-corrected chi connectivity index (χ1v) is 3.55. The van der Waals surface area contributed by atoms with Crippen molar-refractivity contribution in [3.05, 3.63) is 0 Å². The zero-order valence-corrected chi connectivity index (χ0v) is 6.61. The van der Waals surface area contributed by atoms with Gasteiger partial charge in [-0.25, -0.2) is 4.79 Å². The quantitative estimate of drug-likeness (QED) is 0.213. The number of rotatable bonds is 3. The number of nitrogens with zero attached hydrogens (tertiary/aromatic N) is 1. The van der Waals surface area contributed by atoms with E-state index in [2.05, 4.69) is 9.89 Å². The summed E-state index contributed by atoms with van der Waals surface area (Å²) in [5.74, 6) is -1.45. The van der Waals surface area contributed by atoms with Crippen LogP contribution in [-0.4, -0.2) is 29.8 Å². The van der Waals surface area contributed by atoms with Crippen LogP contribution in [-0.2, 0) is 14.3 Å². The van der Waals surface area contributed by atoms with E-state index >= 15 is 0 Å². The number of Topliss-reactive ketones (excluding diaryl/α,β-unsaturated/α-hetero) is 1. The second kappa shape index (κ2) is 3.34. The smallest absolute Gasteiger partial charge is 0.363 e. The third-order valence-corrected chi connectivity index (χ3v) is 1.66. The molecule has 12 heavy (non-hydrogen) atoms. The highest BCUT2D eigenvalue weighted by atomic mass is 16.5. The summed E-state index contributed by atoms with van der Waals surface area (Å²) < 4.78 is 4.25. The van der Waals surface area contributed by atoms with Gasteiger partial charge >= 0.3 is 5.97 Å². The SMILES string of the molecule is COC(=O)/C(=N\O)C(=O)C1CC1. The maximum atomic E-state index is 11.1. The largest absolute Gasteiger partial charge is 0.464 e. The van der Waals surface area contributed by atoms with Crippen molar-refractivity contribution in [2.75, 3.05) is 7.11 Å². The van der Waals surface area contributed by atoms with E-state index in [0.717, 1.165) is 20.0 Å². The Labute approximate surface area is 69.0 Å². The minimum atomic E-state index is -0.880. The Morgan fingerprint density at radius 2 is 2.08 bits per heavy atom. The van der Waals surface area contributed by atoms with Crippen molar-refractivity contribution < 1.29 is 19.5 Å². The topological polar surface area (TPSA) is 76.0 Å². The highest BCUT2D eigenvalue weighted by molar-refractivity contribution is 6.64. The van der Waals surface area contributed by atoms with E-state index in [1.165, 1.54) is 0 Å². The molecule has 0 spiro atoms. The molecule has 0 heterocycles. The molecule has 0 aromatic carbocycles. The summed E-state index contributed by atoms with van der Waals surface area (Å²) in [6.07, 6.45) is 1.52. The fraction of sp³-hybridized carbons (Fsp3) is 0.571. The maximum absolute atomic E-state index is 11.1. The number of carbonyl (C=O) groups excluding carboxylic acids is 2. The molecule has 0 bridgehead atoms. The van der Waals surface area contributed by atoms with Crippen molar-refractivity contribution in [3.8, 4) is 0 Å². The highest BCUT2D eigenvalue weighted by Gasteiger charge is 2.36. The fourth-order valence-corrected chi connectivity index (χ4v) is 0.826. The van der Waals surface area contributed by atoms with Crippen LogP contribution in [0.5, 0.6) is 0 Å². The molecule has 1 N–H and O–H groups in total. The van der Waals surface area contributed by atoms with Crippen LogP contribution in [0.15, 0.2) is 5.16 Å². The molecule has 0 saturated heterocycles. The lowest BCUT2D eigenvalue weighted by Crippen LogP contribution is -2.26. The van der Waals surface area contributed by atoms with Gasteiger partial charge in [-0.3, -0.25) is 4.79 Å². The van der Waals surface area contributed by atoms with Crippen molar-refractivity contribution in [1.29, 1.82) is 0 Å². The van der Waals surface area contributed by atoms with Gasteiger partial charge in [0.1, 0.15) is 0 Å². The van der Waals surface area contributed by atoms with Crippen LogP contribution in [0.2, 0.25) is 0 Å². The fourth-order valence-electron chi connectivity index (χ4n) is 0.826. The summed E-state index contributed by atoms with van der Waals surface area (Å²) >= 11 is 0. The molecule has 5 nitrogen and oxygen atoms in total. The zero-order chi connectivity index (χ0) is 9.14. The molecule has 0 atom stereocenters. The predicted octanol–water partition coefficient (Wildman–Crippen LogP) is -0.0313. The molecular weight excluding hydrogens is 162 g/mol. The van der Waals surface area contributed by atoms with Gasteiger partial charge in [0.2, 0.25) is 5.71 Å². The number of hydrogen-bond acceptors (Lipinski definition) is 5. The van der Waals surface area contributed by atoms with E-state index in [-0.39, 0.29) is 5.92 Å². The highest BCUT2D eigenvalue weighted by Crippen LogP contribution is 2.30. The number of oxime groups is 1. The Morgan fingerprint density at radius 1 is 1.50 bits per heavy atom. The molecule has 1 saturated carbocycles. The Bertz CT molecular complexity index is 242. The lowest BCUT2D eigenvalue weighted by atomic mass is 10.2. The second-order valence-electron chi connectivity index (χ2n) is 2.58. The minimum Gasteiger partial charge on any atom is -0.464 e. The number of carbonyl (C=O) groups is 2. The molecule has 1 rings (SSSR count). The number of esters is 1. The lowest BCUT2D eigenvalue weighted by molar-refractivity contribution is -0.133. The Morgan fingerprint density at radius 3 is 2.42 bits per heavy atom.